The number of likely N-dealkylation sites (N-methyl/N-ethyl adjacent to an activating group) is 1. The van der Waals surface area contributed by atoms with Gasteiger partial charge in [-0.15, -0.1) is 0 Å². The Labute approximate surface area is 91.5 Å². The highest BCUT2D eigenvalue weighted by molar-refractivity contribution is 7.90. The lowest BCUT2D eigenvalue weighted by molar-refractivity contribution is -0.131. The van der Waals surface area contributed by atoms with Crippen molar-refractivity contribution in [2.24, 2.45) is 5.73 Å². The van der Waals surface area contributed by atoms with Crippen molar-refractivity contribution in [3.8, 4) is 0 Å². The Bertz CT molecular complexity index is 300. The molecule has 1 amide bonds. The molecule has 0 saturated carbocycles. The summed E-state index contributed by atoms with van der Waals surface area (Å²) < 4.78 is 21.8. The second-order valence-corrected chi connectivity index (χ2v) is 6.04. The van der Waals surface area contributed by atoms with Gasteiger partial charge in [0.25, 0.3) is 0 Å². The number of hydrogen-bond donors (Lipinski definition) is 1. The predicted octanol–water partition coefficient (Wildman–Crippen LogP) is -0.383. The third-order valence-electron chi connectivity index (χ3n) is 2.09. The number of nitrogens with zero attached hydrogens (tertiary/aromatic N) is 1. The molecule has 5 nitrogen and oxygen atoms in total. The van der Waals surface area contributed by atoms with Crippen LogP contribution >= 0.6 is 0 Å². The first-order valence-electron chi connectivity index (χ1n) is 4.96. The van der Waals surface area contributed by atoms with E-state index in [0.717, 1.165) is 12.7 Å². The van der Waals surface area contributed by atoms with Crippen LogP contribution in [0.1, 0.15) is 19.8 Å². The molecule has 0 aromatic rings. The van der Waals surface area contributed by atoms with Crippen molar-refractivity contribution in [1.29, 1.82) is 0 Å². The van der Waals surface area contributed by atoms with Crippen molar-refractivity contribution in [3.63, 3.8) is 0 Å². The van der Waals surface area contributed by atoms with E-state index in [4.69, 9.17) is 5.73 Å². The summed E-state index contributed by atoms with van der Waals surface area (Å²) in [5, 5.41) is 0. The molecule has 0 aliphatic heterocycles. The molecular weight excluding hydrogens is 216 g/mol. The van der Waals surface area contributed by atoms with Crippen LogP contribution in [0.15, 0.2) is 0 Å². The van der Waals surface area contributed by atoms with Gasteiger partial charge in [0.15, 0.2) is 0 Å². The van der Waals surface area contributed by atoms with Crippen molar-refractivity contribution >= 4 is 15.7 Å². The van der Waals surface area contributed by atoms with Crippen molar-refractivity contribution in [2.75, 3.05) is 25.6 Å². The van der Waals surface area contributed by atoms with Crippen LogP contribution in [0.3, 0.4) is 0 Å². The first-order chi connectivity index (χ1) is 6.78. The lowest BCUT2D eigenvalue weighted by Gasteiger charge is -2.20. The highest BCUT2D eigenvalue weighted by atomic mass is 32.2. The second-order valence-electron chi connectivity index (χ2n) is 3.78. The lowest BCUT2D eigenvalue weighted by Crippen LogP contribution is -2.43. The molecule has 0 aromatic carbocycles. The Morgan fingerprint density at radius 3 is 2.40 bits per heavy atom. The monoisotopic (exact) mass is 236 g/mol. The summed E-state index contributed by atoms with van der Waals surface area (Å²) in [6.07, 6.45) is 2.62. The van der Waals surface area contributed by atoms with Crippen molar-refractivity contribution in [3.05, 3.63) is 0 Å². The standard InChI is InChI=1S/C9H20N2O3S/c1-4-5-8(10)9(12)11(2)6-7-15(3,13)14/h8H,4-7,10H2,1-3H3/t8-/m1/s1. The van der Waals surface area contributed by atoms with Gasteiger partial charge in [0, 0.05) is 19.8 Å². The first-order valence-corrected chi connectivity index (χ1v) is 7.02. The molecule has 90 valence electrons. The van der Waals surface area contributed by atoms with E-state index in [2.05, 4.69) is 0 Å². The lowest BCUT2D eigenvalue weighted by atomic mass is 10.1. The van der Waals surface area contributed by atoms with E-state index in [1.807, 2.05) is 6.92 Å². The highest BCUT2D eigenvalue weighted by Crippen LogP contribution is 1.98. The number of carbonyl (C=O) groups excluding carboxylic acids is 1. The summed E-state index contributed by atoms with van der Waals surface area (Å²) in [7, 11) is -1.45. The smallest absolute Gasteiger partial charge is 0.239 e. The molecule has 0 unspecified atom stereocenters. The fraction of sp³-hybridized carbons (Fsp3) is 0.889. The predicted molar refractivity (Wildman–Crippen MR) is 60.2 cm³/mol. The molecule has 0 heterocycles. The van der Waals surface area contributed by atoms with Crippen LogP contribution < -0.4 is 5.73 Å². The molecule has 0 spiro atoms. The Kier molecular flexibility index (Phi) is 5.82. The van der Waals surface area contributed by atoms with E-state index in [0.29, 0.717) is 6.42 Å². The molecule has 15 heavy (non-hydrogen) atoms. The number of carbonyl (C=O) groups is 1. The molecule has 0 rings (SSSR count). The number of sulfone groups is 1. The molecule has 0 radical (unpaired) electrons. The third kappa shape index (κ3) is 6.46. The van der Waals surface area contributed by atoms with E-state index in [1.165, 1.54) is 4.90 Å². The van der Waals surface area contributed by atoms with Crippen molar-refractivity contribution in [1.82, 2.24) is 4.90 Å². The molecule has 0 aliphatic carbocycles. The maximum absolute atomic E-state index is 11.6. The van der Waals surface area contributed by atoms with Gasteiger partial charge in [-0.05, 0) is 6.42 Å². The zero-order valence-electron chi connectivity index (χ0n) is 9.56. The summed E-state index contributed by atoms with van der Waals surface area (Å²) in [5.41, 5.74) is 5.63. The maximum atomic E-state index is 11.6. The summed E-state index contributed by atoms with van der Waals surface area (Å²) in [5.74, 6) is -0.214. The molecule has 6 heteroatoms. The van der Waals surface area contributed by atoms with Crippen LogP contribution in [0.4, 0.5) is 0 Å². The summed E-state index contributed by atoms with van der Waals surface area (Å²) in [6, 6.07) is -0.514. The Balaban J connectivity index is 4.10. The maximum Gasteiger partial charge on any atom is 0.239 e. The van der Waals surface area contributed by atoms with Gasteiger partial charge < -0.3 is 10.6 Å². The van der Waals surface area contributed by atoms with E-state index < -0.39 is 15.9 Å². The number of rotatable bonds is 6. The minimum Gasteiger partial charge on any atom is -0.343 e. The van der Waals surface area contributed by atoms with Crippen molar-refractivity contribution in [2.45, 2.75) is 25.8 Å². The van der Waals surface area contributed by atoms with Gasteiger partial charge in [0.1, 0.15) is 9.84 Å². The average Bonchev–Trinajstić information content (AvgIpc) is 2.12. The van der Waals surface area contributed by atoms with Crippen LogP contribution in [0.2, 0.25) is 0 Å². The fourth-order valence-electron chi connectivity index (χ4n) is 1.13. The minimum absolute atomic E-state index is 0.0198. The Morgan fingerprint density at radius 1 is 1.47 bits per heavy atom. The summed E-state index contributed by atoms with van der Waals surface area (Å²) >= 11 is 0. The molecule has 2 N–H and O–H groups in total. The van der Waals surface area contributed by atoms with Gasteiger partial charge in [0.05, 0.1) is 11.8 Å². The van der Waals surface area contributed by atoms with Gasteiger partial charge in [-0.1, -0.05) is 13.3 Å². The van der Waals surface area contributed by atoms with Gasteiger partial charge in [-0.25, -0.2) is 8.42 Å². The Hall–Kier alpha value is -0.620. The molecule has 0 fully saturated rings. The van der Waals surface area contributed by atoms with Crippen LogP contribution in [-0.4, -0.2) is 50.9 Å². The molecule has 1 atom stereocenters. The quantitative estimate of drug-likeness (QED) is 0.681. The molecular formula is C9H20N2O3S. The van der Waals surface area contributed by atoms with Gasteiger partial charge in [0.2, 0.25) is 5.91 Å². The van der Waals surface area contributed by atoms with Crippen LogP contribution in [0.25, 0.3) is 0 Å². The molecule has 0 bridgehead atoms. The SMILES string of the molecule is CCC[C@@H](N)C(=O)N(C)CCS(C)(=O)=O. The van der Waals surface area contributed by atoms with Crippen LogP contribution in [0, 0.1) is 0 Å². The topological polar surface area (TPSA) is 80.5 Å². The number of amides is 1. The largest absolute Gasteiger partial charge is 0.343 e. The van der Waals surface area contributed by atoms with E-state index in [9.17, 15) is 13.2 Å². The van der Waals surface area contributed by atoms with E-state index in [-0.39, 0.29) is 18.2 Å². The summed E-state index contributed by atoms with van der Waals surface area (Å²) in [4.78, 5) is 12.9. The third-order valence-corrected chi connectivity index (χ3v) is 3.01. The van der Waals surface area contributed by atoms with E-state index in [1.54, 1.807) is 7.05 Å². The first kappa shape index (κ1) is 14.4. The number of nitrogens with two attached hydrogens (primary N) is 1. The van der Waals surface area contributed by atoms with Crippen LogP contribution in [0.5, 0.6) is 0 Å². The van der Waals surface area contributed by atoms with Crippen LogP contribution in [-0.2, 0) is 14.6 Å². The zero-order chi connectivity index (χ0) is 12.1. The van der Waals surface area contributed by atoms with Gasteiger partial charge in [-0.2, -0.15) is 0 Å². The second kappa shape index (κ2) is 6.07. The average molecular weight is 236 g/mol. The molecule has 0 saturated heterocycles. The van der Waals surface area contributed by atoms with E-state index >= 15 is 0 Å². The minimum atomic E-state index is -3.03. The van der Waals surface area contributed by atoms with Gasteiger partial charge >= 0.3 is 0 Å². The molecule has 0 aliphatic rings. The summed E-state index contributed by atoms with van der Waals surface area (Å²) in [6.45, 7) is 2.15. The number of hydrogen-bond acceptors (Lipinski definition) is 4. The highest BCUT2D eigenvalue weighted by Gasteiger charge is 2.17. The normalized spacial score (nSPS) is 13.6. The molecule has 0 aromatic heterocycles. The zero-order valence-corrected chi connectivity index (χ0v) is 10.4. The Morgan fingerprint density at radius 2 is 2.00 bits per heavy atom. The van der Waals surface area contributed by atoms with Crippen molar-refractivity contribution < 1.29 is 13.2 Å². The fourth-order valence-corrected chi connectivity index (χ4v) is 1.74. The van der Waals surface area contributed by atoms with Gasteiger partial charge in [-0.3, -0.25) is 4.79 Å².